The molecule has 1 aromatic heterocycles. The summed E-state index contributed by atoms with van der Waals surface area (Å²) in [6.07, 6.45) is 1.84. The second-order valence-electron chi connectivity index (χ2n) is 6.84. The van der Waals surface area contributed by atoms with E-state index in [1.54, 1.807) is 6.07 Å². The maximum absolute atomic E-state index is 12.5. The molecule has 28 heavy (non-hydrogen) atoms. The first-order valence-electron chi connectivity index (χ1n) is 9.20. The van der Waals surface area contributed by atoms with Gasteiger partial charge in [-0.1, -0.05) is 72.3 Å². The molecule has 3 heteroatoms. The molecule has 0 saturated heterocycles. The largest absolute Gasteiger partial charge is 0.315 e. The SMILES string of the molecule is Cc1ccccc1-c1ccccc1-n1ccc(=O)c(C)c1-c1ccccc1Cl. The number of hydrogen-bond acceptors (Lipinski definition) is 1. The lowest BCUT2D eigenvalue weighted by atomic mass is 9.98. The number of halogens is 1. The van der Waals surface area contributed by atoms with E-state index < -0.39 is 0 Å². The van der Waals surface area contributed by atoms with Gasteiger partial charge < -0.3 is 4.57 Å². The van der Waals surface area contributed by atoms with Gasteiger partial charge >= 0.3 is 0 Å². The lowest BCUT2D eigenvalue weighted by Crippen LogP contribution is -2.13. The fourth-order valence-corrected chi connectivity index (χ4v) is 3.84. The van der Waals surface area contributed by atoms with Crippen LogP contribution in [0.4, 0.5) is 0 Å². The zero-order valence-electron chi connectivity index (χ0n) is 15.8. The molecule has 0 aliphatic carbocycles. The molecule has 3 aromatic carbocycles. The molecule has 0 bridgehead atoms. The van der Waals surface area contributed by atoms with Crippen molar-refractivity contribution in [2.75, 3.05) is 0 Å². The van der Waals surface area contributed by atoms with Gasteiger partial charge in [-0.05, 0) is 37.1 Å². The molecule has 0 radical (unpaired) electrons. The minimum atomic E-state index is -0.000424. The Balaban J connectivity index is 2.06. The minimum Gasteiger partial charge on any atom is -0.315 e. The summed E-state index contributed by atoms with van der Waals surface area (Å²) in [4.78, 5) is 12.5. The molecule has 0 atom stereocenters. The average Bonchev–Trinajstić information content (AvgIpc) is 2.71. The van der Waals surface area contributed by atoms with Crippen molar-refractivity contribution in [1.29, 1.82) is 0 Å². The van der Waals surface area contributed by atoms with Crippen molar-refractivity contribution in [3.8, 4) is 28.1 Å². The Kier molecular flexibility index (Phi) is 4.89. The number of benzene rings is 3. The second-order valence-corrected chi connectivity index (χ2v) is 7.24. The summed E-state index contributed by atoms with van der Waals surface area (Å²) in [6, 6.07) is 25.8. The van der Waals surface area contributed by atoms with Gasteiger partial charge in [0.25, 0.3) is 0 Å². The lowest BCUT2D eigenvalue weighted by molar-refractivity contribution is 1.03. The lowest BCUT2D eigenvalue weighted by Gasteiger charge is -2.20. The van der Waals surface area contributed by atoms with Crippen LogP contribution in [-0.2, 0) is 0 Å². The third-order valence-electron chi connectivity index (χ3n) is 5.07. The number of aromatic nitrogens is 1. The second kappa shape index (κ2) is 7.49. The van der Waals surface area contributed by atoms with Crippen molar-refractivity contribution in [3.05, 3.63) is 111 Å². The summed E-state index contributed by atoms with van der Waals surface area (Å²) in [5.41, 5.74) is 6.83. The number of aryl methyl sites for hydroxylation is 1. The van der Waals surface area contributed by atoms with Crippen molar-refractivity contribution in [2.24, 2.45) is 0 Å². The Morgan fingerprint density at radius 1 is 0.714 bits per heavy atom. The molecule has 0 spiro atoms. The highest BCUT2D eigenvalue weighted by molar-refractivity contribution is 6.33. The fraction of sp³-hybridized carbons (Fsp3) is 0.0800. The average molecular weight is 386 g/mol. The van der Waals surface area contributed by atoms with Crippen LogP contribution in [0.2, 0.25) is 5.02 Å². The Labute approximate surface area is 169 Å². The van der Waals surface area contributed by atoms with Crippen LogP contribution in [0.5, 0.6) is 0 Å². The summed E-state index contributed by atoms with van der Waals surface area (Å²) in [5, 5.41) is 0.623. The molecule has 0 aliphatic heterocycles. The summed E-state index contributed by atoms with van der Waals surface area (Å²) in [5.74, 6) is 0. The van der Waals surface area contributed by atoms with Crippen molar-refractivity contribution >= 4 is 11.6 Å². The van der Waals surface area contributed by atoms with Crippen LogP contribution in [-0.4, -0.2) is 4.57 Å². The molecule has 4 aromatic rings. The maximum atomic E-state index is 12.5. The van der Waals surface area contributed by atoms with Crippen LogP contribution < -0.4 is 5.43 Å². The number of rotatable bonds is 3. The first-order valence-corrected chi connectivity index (χ1v) is 9.58. The Bertz CT molecular complexity index is 1220. The molecule has 0 N–H and O–H groups in total. The third-order valence-corrected chi connectivity index (χ3v) is 5.40. The smallest absolute Gasteiger partial charge is 0.185 e. The van der Waals surface area contributed by atoms with Gasteiger partial charge in [0.15, 0.2) is 5.43 Å². The normalized spacial score (nSPS) is 10.8. The molecule has 138 valence electrons. The van der Waals surface area contributed by atoms with E-state index in [4.69, 9.17) is 11.6 Å². The predicted octanol–water partition coefficient (Wildman–Crippen LogP) is 6.44. The van der Waals surface area contributed by atoms with Gasteiger partial charge in [-0.25, -0.2) is 0 Å². The zero-order chi connectivity index (χ0) is 19.7. The van der Waals surface area contributed by atoms with Crippen LogP contribution in [0.15, 0.2) is 89.9 Å². The van der Waals surface area contributed by atoms with Gasteiger partial charge in [0.2, 0.25) is 0 Å². The molecular weight excluding hydrogens is 366 g/mol. The first kappa shape index (κ1) is 18.3. The highest BCUT2D eigenvalue weighted by Gasteiger charge is 2.16. The number of hydrogen-bond donors (Lipinski definition) is 0. The molecule has 1 heterocycles. The topological polar surface area (TPSA) is 22.0 Å². The number of pyridine rings is 1. The monoisotopic (exact) mass is 385 g/mol. The van der Waals surface area contributed by atoms with E-state index in [2.05, 4.69) is 35.8 Å². The Morgan fingerprint density at radius 3 is 2.04 bits per heavy atom. The quantitative estimate of drug-likeness (QED) is 0.397. The number of para-hydroxylation sites is 1. The van der Waals surface area contributed by atoms with Gasteiger partial charge in [0, 0.05) is 34.0 Å². The highest BCUT2D eigenvalue weighted by Crippen LogP contribution is 2.35. The van der Waals surface area contributed by atoms with E-state index in [1.807, 2.05) is 61.7 Å². The zero-order valence-corrected chi connectivity index (χ0v) is 16.6. The van der Waals surface area contributed by atoms with E-state index in [0.29, 0.717) is 10.6 Å². The van der Waals surface area contributed by atoms with Gasteiger partial charge in [-0.3, -0.25) is 4.79 Å². The van der Waals surface area contributed by atoms with E-state index in [-0.39, 0.29) is 5.43 Å². The van der Waals surface area contributed by atoms with Crippen LogP contribution in [0.25, 0.3) is 28.1 Å². The van der Waals surface area contributed by atoms with Crippen LogP contribution >= 0.6 is 11.6 Å². The van der Waals surface area contributed by atoms with Crippen LogP contribution in [0.3, 0.4) is 0 Å². The van der Waals surface area contributed by atoms with E-state index in [1.165, 1.54) is 11.1 Å². The summed E-state index contributed by atoms with van der Waals surface area (Å²) >= 11 is 6.51. The van der Waals surface area contributed by atoms with Crippen molar-refractivity contribution in [3.63, 3.8) is 0 Å². The van der Waals surface area contributed by atoms with E-state index >= 15 is 0 Å². The molecule has 4 rings (SSSR count). The molecule has 0 aliphatic rings. The van der Waals surface area contributed by atoms with Crippen LogP contribution in [0.1, 0.15) is 11.1 Å². The van der Waals surface area contributed by atoms with Gasteiger partial charge in [-0.15, -0.1) is 0 Å². The fourth-order valence-electron chi connectivity index (χ4n) is 3.61. The van der Waals surface area contributed by atoms with E-state index in [9.17, 15) is 4.79 Å². The molecule has 2 nitrogen and oxygen atoms in total. The van der Waals surface area contributed by atoms with Crippen molar-refractivity contribution in [1.82, 2.24) is 4.57 Å². The summed E-state index contributed by atoms with van der Waals surface area (Å²) < 4.78 is 2.07. The van der Waals surface area contributed by atoms with Crippen LogP contribution in [0, 0.1) is 13.8 Å². The summed E-state index contributed by atoms with van der Waals surface area (Å²) in [6.45, 7) is 3.96. The van der Waals surface area contributed by atoms with E-state index in [0.717, 1.165) is 22.5 Å². The standard InChI is InChI=1S/C25H20ClNO/c1-17-9-3-4-10-19(17)20-11-6-8-14-23(20)27-16-15-24(28)18(2)25(27)21-12-5-7-13-22(21)26/h3-16H,1-2H3. The molecular formula is C25H20ClNO. The highest BCUT2D eigenvalue weighted by atomic mass is 35.5. The third kappa shape index (κ3) is 3.17. The Hall–Kier alpha value is -3.10. The minimum absolute atomic E-state index is 0.000424. The maximum Gasteiger partial charge on any atom is 0.185 e. The molecule has 0 fully saturated rings. The Morgan fingerprint density at radius 2 is 1.32 bits per heavy atom. The summed E-state index contributed by atoms with van der Waals surface area (Å²) in [7, 11) is 0. The van der Waals surface area contributed by atoms with Crippen molar-refractivity contribution in [2.45, 2.75) is 13.8 Å². The van der Waals surface area contributed by atoms with Gasteiger partial charge in [0.1, 0.15) is 0 Å². The molecule has 0 amide bonds. The predicted molar refractivity (Wildman–Crippen MR) is 117 cm³/mol. The molecule has 0 saturated carbocycles. The first-order chi connectivity index (χ1) is 13.6. The van der Waals surface area contributed by atoms with Gasteiger partial charge in [0.05, 0.1) is 11.4 Å². The number of nitrogens with zero attached hydrogens (tertiary/aromatic N) is 1. The van der Waals surface area contributed by atoms with Crippen molar-refractivity contribution < 1.29 is 0 Å². The van der Waals surface area contributed by atoms with Gasteiger partial charge in [-0.2, -0.15) is 0 Å². The molecule has 0 unspecified atom stereocenters.